The molecule has 0 aromatic heterocycles. The lowest BCUT2D eigenvalue weighted by Gasteiger charge is -2.48. The molecular formula is C29H39NO5S. The molecule has 2 aliphatic rings. The van der Waals surface area contributed by atoms with Gasteiger partial charge in [-0.25, -0.2) is 8.42 Å². The van der Waals surface area contributed by atoms with Crippen molar-refractivity contribution in [3.05, 3.63) is 53.6 Å². The van der Waals surface area contributed by atoms with Gasteiger partial charge in [0.25, 0.3) is 0 Å². The zero-order chi connectivity index (χ0) is 26.0. The van der Waals surface area contributed by atoms with Gasteiger partial charge in [0, 0.05) is 25.0 Å². The summed E-state index contributed by atoms with van der Waals surface area (Å²) in [6.45, 7) is 8.99. The van der Waals surface area contributed by atoms with Gasteiger partial charge in [-0.05, 0) is 87.3 Å². The van der Waals surface area contributed by atoms with Gasteiger partial charge in [0.05, 0.1) is 18.6 Å². The molecule has 0 radical (unpaired) electrons. The summed E-state index contributed by atoms with van der Waals surface area (Å²) in [6.07, 6.45) is 4.60. The minimum atomic E-state index is -3.28. The number of hydrogen-bond donors (Lipinski definition) is 0. The van der Waals surface area contributed by atoms with Crippen LogP contribution in [0.4, 0.5) is 0 Å². The molecule has 0 atom stereocenters. The number of ether oxygens (including phenoxy) is 2. The molecule has 0 bridgehead atoms. The summed E-state index contributed by atoms with van der Waals surface area (Å²) in [5, 5.41) is 0. The van der Waals surface area contributed by atoms with Crippen molar-refractivity contribution in [1.29, 1.82) is 0 Å². The van der Waals surface area contributed by atoms with E-state index in [1.54, 1.807) is 0 Å². The number of methoxy groups -OCH3 is 1. The van der Waals surface area contributed by atoms with Crippen molar-refractivity contribution in [2.75, 3.05) is 26.0 Å². The standard InChI is InChI=1S/C29H39NO5S/c1-28(2,3)30-17-15-29(16-18-30)14-13-25-20-24(11-12-26(25)35-29)23-9-7-22(8-10-23)21-36(32,33)19-5-6-27(31)34-4/h7-12,20H,5-6,13-19,21H2,1-4H3. The molecule has 7 heteroatoms. The second kappa shape index (κ2) is 10.5. The zero-order valence-corrected chi connectivity index (χ0v) is 22.8. The fourth-order valence-corrected chi connectivity index (χ4v) is 6.72. The third kappa shape index (κ3) is 6.48. The van der Waals surface area contributed by atoms with Crippen LogP contribution in [0.5, 0.6) is 5.75 Å². The van der Waals surface area contributed by atoms with E-state index in [1.165, 1.54) is 12.7 Å². The SMILES string of the molecule is COC(=O)CCCS(=O)(=O)Cc1ccc(-c2ccc3c(c2)CCC2(CCN(C(C)(C)C)CC2)O3)cc1. The van der Waals surface area contributed by atoms with E-state index in [2.05, 4.69) is 48.6 Å². The van der Waals surface area contributed by atoms with Crippen LogP contribution >= 0.6 is 0 Å². The monoisotopic (exact) mass is 513 g/mol. The number of likely N-dealkylation sites (tertiary alicyclic amines) is 1. The van der Waals surface area contributed by atoms with Crippen molar-refractivity contribution in [1.82, 2.24) is 4.90 Å². The summed E-state index contributed by atoms with van der Waals surface area (Å²) in [5.74, 6) is 0.570. The number of rotatable bonds is 7. The highest BCUT2D eigenvalue weighted by atomic mass is 32.2. The number of carbonyl (C=O) groups excluding carboxylic acids is 1. The molecule has 2 aromatic carbocycles. The summed E-state index contributed by atoms with van der Waals surface area (Å²) < 4.78 is 36.0. The average molecular weight is 514 g/mol. The summed E-state index contributed by atoms with van der Waals surface area (Å²) in [5.41, 5.74) is 4.33. The zero-order valence-electron chi connectivity index (χ0n) is 22.0. The molecule has 4 rings (SSSR count). The van der Waals surface area contributed by atoms with Crippen LogP contribution in [0.15, 0.2) is 42.5 Å². The molecule has 0 unspecified atom stereocenters. The average Bonchev–Trinajstić information content (AvgIpc) is 2.83. The molecule has 1 saturated heterocycles. The molecule has 6 nitrogen and oxygen atoms in total. The van der Waals surface area contributed by atoms with E-state index in [0.717, 1.165) is 61.2 Å². The summed E-state index contributed by atoms with van der Waals surface area (Å²) in [7, 11) is -1.97. The van der Waals surface area contributed by atoms with Crippen LogP contribution < -0.4 is 4.74 Å². The second-order valence-corrected chi connectivity index (χ2v) is 13.4. The molecule has 0 N–H and O–H groups in total. The third-order valence-corrected chi connectivity index (χ3v) is 9.28. The summed E-state index contributed by atoms with van der Waals surface area (Å²) >= 11 is 0. The number of benzene rings is 2. The van der Waals surface area contributed by atoms with E-state index in [9.17, 15) is 13.2 Å². The fourth-order valence-electron chi connectivity index (χ4n) is 5.30. The minimum Gasteiger partial charge on any atom is -0.487 e. The molecule has 2 heterocycles. The number of aryl methyl sites for hydroxylation is 1. The van der Waals surface area contributed by atoms with Crippen molar-refractivity contribution < 1.29 is 22.7 Å². The van der Waals surface area contributed by atoms with E-state index in [-0.39, 0.29) is 41.5 Å². The van der Waals surface area contributed by atoms with Crippen LogP contribution in [0.3, 0.4) is 0 Å². The number of piperidine rings is 1. The maximum Gasteiger partial charge on any atom is 0.305 e. The Morgan fingerprint density at radius 2 is 1.69 bits per heavy atom. The number of hydrogen-bond acceptors (Lipinski definition) is 6. The van der Waals surface area contributed by atoms with Gasteiger partial charge in [0.1, 0.15) is 11.4 Å². The van der Waals surface area contributed by atoms with E-state index in [0.29, 0.717) is 0 Å². The minimum absolute atomic E-state index is 0.0234. The van der Waals surface area contributed by atoms with Crippen molar-refractivity contribution in [2.45, 2.75) is 76.2 Å². The van der Waals surface area contributed by atoms with Crippen LogP contribution in [-0.2, 0) is 31.5 Å². The predicted octanol–water partition coefficient (Wildman–Crippen LogP) is 5.18. The van der Waals surface area contributed by atoms with E-state index in [4.69, 9.17) is 4.74 Å². The van der Waals surface area contributed by atoms with E-state index < -0.39 is 9.84 Å². The smallest absolute Gasteiger partial charge is 0.305 e. The van der Waals surface area contributed by atoms with Crippen molar-refractivity contribution in [3.63, 3.8) is 0 Å². The van der Waals surface area contributed by atoms with E-state index >= 15 is 0 Å². The highest BCUT2D eigenvalue weighted by molar-refractivity contribution is 7.90. The van der Waals surface area contributed by atoms with Gasteiger partial charge < -0.3 is 9.47 Å². The molecule has 0 amide bonds. The van der Waals surface area contributed by atoms with Crippen LogP contribution in [0.25, 0.3) is 11.1 Å². The Hall–Kier alpha value is -2.38. The normalized spacial score (nSPS) is 17.9. The summed E-state index contributed by atoms with van der Waals surface area (Å²) in [6, 6.07) is 14.1. The Labute approximate surface area is 215 Å². The largest absolute Gasteiger partial charge is 0.487 e. The molecule has 2 aromatic rings. The third-order valence-electron chi connectivity index (χ3n) is 7.60. The van der Waals surface area contributed by atoms with Gasteiger partial charge in [-0.3, -0.25) is 9.69 Å². The first-order chi connectivity index (χ1) is 17.0. The first kappa shape index (κ1) is 26.7. The molecule has 196 valence electrons. The van der Waals surface area contributed by atoms with Gasteiger partial charge in [-0.15, -0.1) is 0 Å². The van der Waals surface area contributed by atoms with Gasteiger partial charge in [0.15, 0.2) is 9.84 Å². The van der Waals surface area contributed by atoms with Crippen LogP contribution in [0, 0.1) is 0 Å². The van der Waals surface area contributed by atoms with Crippen LogP contribution in [0.2, 0.25) is 0 Å². The number of esters is 1. The predicted molar refractivity (Wildman–Crippen MR) is 143 cm³/mol. The number of sulfone groups is 1. The highest BCUT2D eigenvalue weighted by Gasteiger charge is 2.41. The van der Waals surface area contributed by atoms with Crippen LogP contribution in [0.1, 0.15) is 64.0 Å². The molecular weight excluding hydrogens is 474 g/mol. The Morgan fingerprint density at radius 1 is 1.03 bits per heavy atom. The number of fused-ring (bicyclic) bond motifs is 1. The Kier molecular flexibility index (Phi) is 7.81. The lowest BCUT2D eigenvalue weighted by Crippen LogP contribution is -2.54. The van der Waals surface area contributed by atoms with Gasteiger partial charge in [0.2, 0.25) is 0 Å². The van der Waals surface area contributed by atoms with Gasteiger partial charge in [-0.1, -0.05) is 30.3 Å². The number of carbonyl (C=O) groups is 1. The molecule has 0 aliphatic carbocycles. The first-order valence-corrected chi connectivity index (χ1v) is 14.7. The van der Waals surface area contributed by atoms with Gasteiger partial charge in [-0.2, -0.15) is 0 Å². The lowest BCUT2D eigenvalue weighted by atomic mass is 9.81. The van der Waals surface area contributed by atoms with Crippen molar-refractivity contribution in [3.8, 4) is 16.9 Å². The van der Waals surface area contributed by atoms with Gasteiger partial charge >= 0.3 is 5.97 Å². The topological polar surface area (TPSA) is 72.9 Å². The second-order valence-electron chi connectivity index (χ2n) is 11.2. The van der Waals surface area contributed by atoms with E-state index in [1.807, 2.05) is 24.3 Å². The summed E-state index contributed by atoms with van der Waals surface area (Å²) in [4.78, 5) is 13.8. The van der Waals surface area contributed by atoms with Crippen molar-refractivity contribution in [2.24, 2.45) is 0 Å². The molecule has 0 saturated carbocycles. The highest BCUT2D eigenvalue weighted by Crippen LogP contribution is 2.41. The quantitative estimate of drug-likeness (QED) is 0.475. The Morgan fingerprint density at radius 3 is 2.33 bits per heavy atom. The lowest BCUT2D eigenvalue weighted by molar-refractivity contribution is -0.140. The molecule has 2 aliphatic heterocycles. The molecule has 1 spiro atoms. The molecule has 1 fully saturated rings. The fraction of sp³-hybridized carbons (Fsp3) is 0.552. The Balaban J connectivity index is 1.37. The maximum absolute atomic E-state index is 12.4. The maximum atomic E-state index is 12.4. The van der Waals surface area contributed by atoms with Crippen LogP contribution in [-0.4, -0.2) is 56.4 Å². The first-order valence-electron chi connectivity index (χ1n) is 12.9. The molecule has 36 heavy (non-hydrogen) atoms. The Bertz CT molecular complexity index is 1170. The van der Waals surface area contributed by atoms with Crippen molar-refractivity contribution >= 4 is 15.8 Å². The number of nitrogens with zero attached hydrogens (tertiary/aromatic N) is 1.